The monoisotopic (exact) mass is 303 g/mol. The lowest BCUT2D eigenvalue weighted by Gasteiger charge is -2.29. The Morgan fingerprint density at radius 2 is 1.84 bits per heavy atom. The zero-order valence-corrected chi connectivity index (χ0v) is 11.8. The predicted molar refractivity (Wildman–Crippen MR) is 75.1 cm³/mol. The fourth-order valence-corrected chi connectivity index (χ4v) is 2.48. The maximum atomic E-state index is 12.2. The van der Waals surface area contributed by atoms with Crippen molar-refractivity contribution in [2.45, 2.75) is 18.9 Å². The molecular weight excluding hydrogens is 289 g/mol. The van der Waals surface area contributed by atoms with E-state index in [1.54, 1.807) is 18.3 Å². The molecule has 3 rings (SSSR count). The molecule has 0 spiro atoms. The molecule has 2 aliphatic rings. The first-order valence-electron chi connectivity index (χ1n) is 5.82. The summed E-state index contributed by atoms with van der Waals surface area (Å²) in [6.45, 7) is 1.71. The Bertz CT molecular complexity index is 455. The van der Waals surface area contributed by atoms with E-state index >= 15 is 0 Å². The van der Waals surface area contributed by atoms with Crippen molar-refractivity contribution in [1.29, 1.82) is 0 Å². The number of nitrogens with zero attached hydrogens (tertiary/aromatic N) is 2. The van der Waals surface area contributed by atoms with Crippen LogP contribution in [0.15, 0.2) is 18.3 Å². The molecule has 2 amide bonds. The summed E-state index contributed by atoms with van der Waals surface area (Å²) in [5.41, 5.74) is 0.743. The zero-order valence-electron chi connectivity index (χ0n) is 10.2. The molecule has 1 aromatic heterocycles. The van der Waals surface area contributed by atoms with Gasteiger partial charge in [-0.15, -0.1) is 24.8 Å². The van der Waals surface area contributed by atoms with Crippen molar-refractivity contribution in [3.63, 3.8) is 0 Å². The number of amides is 2. The molecule has 0 unspecified atom stereocenters. The van der Waals surface area contributed by atoms with E-state index < -0.39 is 0 Å². The lowest BCUT2D eigenvalue weighted by molar-refractivity contribution is 0.0554. The number of pyridine rings is 1. The van der Waals surface area contributed by atoms with Gasteiger partial charge in [0.2, 0.25) is 0 Å². The number of halogens is 2. The molecule has 5 nitrogen and oxygen atoms in total. The summed E-state index contributed by atoms with van der Waals surface area (Å²) >= 11 is 0. The average Bonchev–Trinajstić information content (AvgIpc) is 2.64. The van der Waals surface area contributed by atoms with E-state index in [9.17, 15) is 9.59 Å². The number of piperidine rings is 1. The van der Waals surface area contributed by atoms with Gasteiger partial charge in [-0.3, -0.25) is 19.5 Å². The second-order valence-electron chi connectivity index (χ2n) is 4.36. The normalized spacial score (nSPS) is 18.6. The van der Waals surface area contributed by atoms with Gasteiger partial charge in [0, 0.05) is 12.2 Å². The van der Waals surface area contributed by atoms with Gasteiger partial charge < -0.3 is 5.32 Å². The predicted octanol–water partition coefficient (Wildman–Crippen LogP) is 1.27. The van der Waals surface area contributed by atoms with Crippen molar-refractivity contribution in [3.8, 4) is 0 Å². The number of carbonyl (C=O) groups excluding carboxylic acids is 2. The van der Waals surface area contributed by atoms with Crippen LogP contribution < -0.4 is 5.32 Å². The smallest absolute Gasteiger partial charge is 0.280 e. The summed E-state index contributed by atoms with van der Waals surface area (Å²) in [5, 5.41) is 3.22. The third-order valence-corrected chi connectivity index (χ3v) is 3.35. The first-order chi connectivity index (χ1) is 8.29. The molecule has 0 saturated carbocycles. The van der Waals surface area contributed by atoms with E-state index in [1.807, 2.05) is 0 Å². The molecule has 19 heavy (non-hydrogen) atoms. The summed E-state index contributed by atoms with van der Waals surface area (Å²) in [4.78, 5) is 29.7. The molecule has 7 heteroatoms. The fraction of sp³-hybridized carbons (Fsp3) is 0.417. The number of fused-ring (bicyclic) bond motifs is 1. The van der Waals surface area contributed by atoms with Crippen molar-refractivity contribution < 1.29 is 9.59 Å². The van der Waals surface area contributed by atoms with Gasteiger partial charge in [0.15, 0.2) is 0 Å². The fourth-order valence-electron chi connectivity index (χ4n) is 2.48. The molecule has 2 aliphatic heterocycles. The van der Waals surface area contributed by atoms with Crippen LogP contribution in [0.5, 0.6) is 0 Å². The highest BCUT2D eigenvalue weighted by Crippen LogP contribution is 2.25. The van der Waals surface area contributed by atoms with Gasteiger partial charge in [0.25, 0.3) is 11.8 Å². The van der Waals surface area contributed by atoms with Gasteiger partial charge in [-0.2, -0.15) is 0 Å². The average molecular weight is 304 g/mol. The minimum absolute atomic E-state index is 0. The lowest BCUT2D eigenvalue weighted by Crippen LogP contribution is -2.45. The maximum Gasteiger partial charge on any atom is 0.280 e. The molecular formula is C12H15Cl2N3O2. The van der Waals surface area contributed by atoms with Gasteiger partial charge in [0.1, 0.15) is 5.69 Å². The van der Waals surface area contributed by atoms with Crippen molar-refractivity contribution in [3.05, 3.63) is 29.6 Å². The van der Waals surface area contributed by atoms with Crippen molar-refractivity contribution in [2.24, 2.45) is 0 Å². The highest BCUT2D eigenvalue weighted by molar-refractivity contribution is 6.20. The summed E-state index contributed by atoms with van der Waals surface area (Å²) in [6, 6.07) is 3.38. The Balaban J connectivity index is 0.000000902. The Kier molecular flexibility index (Phi) is 5.29. The van der Waals surface area contributed by atoms with Crippen molar-refractivity contribution in [1.82, 2.24) is 15.2 Å². The summed E-state index contributed by atoms with van der Waals surface area (Å²) in [6.07, 6.45) is 3.20. The highest BCUT2D eigenvalue weighted by atomic mass is 35.5. The lowest BCUT2D eigenvalue weighted by atomic mass is 10.1. The second-order valence-corrected chi connectivity index (χ2v) is 4.36. The van der Waals surface area contributed by atoms with Crippen LogP contribution in [0.25, 0.3) is 0 Å². The molecule has 3 heterocycles. The molecule has 0 radical (unpaired) electrons. The van der Waals surface area contributed by atoms with Gasteiger partial charge in [-0.05, 0) is 38.1 Å². The largest absolute Gasteiger partial charge is 0.317 e. The molecule has 0 aliphatic carbocycles. The Labute approximate surface area is 123 Å². The van der Waals surface area contributed by atoms with Gasteiger partial charge >= 0.3 is 0 Å². The molecule has 1 aromatic rings. The summed E-state index contributed by atoms with van der Waals surface area (Å²) in [5.74, 6) is -0.428. The third-order valence-electron chi connectivity index (χ3n) is 3.35. The number of rotatable bonds is 1. The van der Waals surface area contributed by atoms with Crippen LogP contribution in [0, 0.1) is 0 Å². The van der Waals surface area contributed by atoms with E-state index in [0.29, 0.717) is 11.3 Å². The molecule has 1 fully saturated rings. The minimum Gasteiger partial charge on any atom is -0.317 e. The number of hydrogen-bond acceptors (Lipinski definition) is 4. The quantitative estimate of drug-likeness (QED) is 0.794. The molecule has 1 N–H and O–H groups in total. The summed E-state index contributed by atoms with van der Waals surface area (Å²) in [7, 11) is 0. The third kappa shape index (κ3) is 2.59. The van der Waals surface area contributed by atoms with Gasteiger partial charge in [-0.25, -0.2) is 0 Å². The zero-order chi connectivity index (χ0) is 11.8. The number of hydrogen-bond donors (Lipinski definition) is 1. The van der Waals surface area contributed by atoms with E-state index in [-0.39, 0.29) is 42.7 Å². The molecule has 0 aromatic carbocycles. The SMILES string of the molecule is Cl.Cl.O=C1c2cccnc2C(=O)N1C1CCNCC1. The van der Waals surface area contributed by atoms with Crippen molar-refractivity contribution in [2.75, 3.05) is 13.1 Å². The first-order valence-corrected chi connectivity index (χ1v) is 5.82. The first kappa shape index (κ1) is 15.9. The van der Waals surface area contributed by atoms with Crippen LogP contribution in [-0.4, -0.2) is 40.8 Å². The van der Waals surface area contributed by atoms with Gasteiger partial charge in [-0.1, -0.05) is 0 Å². The summed E-state index contributed by atoms with van der Waals surface area (Å²) < 4.78 is 0. The minimum atomic E-state index is -0.238. The molecule has 0 bridgehead atoms. The Morgan fingerprint density at radius 1 is 1.16 bits per heavy atom. The number of imide groups is 1. The molecule has 104 valence electrons. The van der Waals surface area contributed by atoms with E-state index in [1.165, 1.54) is 4.90 Å². The van der Waals surface area contributed by atoms with Crippen LogP contribution in [0.4, 0.5) is 0 Å². The van der Waals surface area contributed by atoms with Crippen LogP contribution in [0.2, 0.25) is 0 Å². The standard InChI is InChI=1S/C12H13N3O2.2ClH/c16-11-9-2-1-5-14-10(9)12(17)15(11)8-3-6-13-7-4-8;;/h1-2,5,8,13H,3-4,6-7H2;2*1H. The van der Waals surface area contributed by atoms with Crippen LogP contribution in [0.3, 0.4) is 0 Å². The van der Waals surface area contributed by atoms with Crippen LogP contribution in [-0.2, 0) is 0 Å². The van der Waals surface area contributed by atoms with Crippen molar-refractivity contribution >= 4 is 36.6 Å². The molecule has 1 saturated heterocycles. The second kappa shape index (κ2) is 6.32. The number of nitrogens with one attached hydrogen (secondary N) is 1. The highest BCUT2D eigenvalue weighted by Gasteiger charge is 2.40. The van der Waals surface area contributed by atoms with Crippen LogP contribution >= 0.6 is 24.8 Å². The number of aromatic nitrogens is 1. The maximum absolute atomic E-state index is 12.2. The van der Waals surface area contributed by atoms with E-state index in [4.69, 9.17) is 0 Å². The molecule has 0 atom stereocenters. The topological polar surface area (TPSA) is 62.3 Å². The van der Waals surface area contributed by atoms with Gasteiger partial charge in [0.05, 0.1) is 5.56 Å². The van der Waals surface area contributed by atoms with E-state index in [0.717, 1.165) is 25.9 Å². The Morgan fingerprint density at radius 3 is 2.47 bits per heavy atom. The van der Waals surface area contributed by atoms with Crippen LogP contribution in [0.1, 0.15) is 33.7 Å². The van der Waals surface area contributed by atoms with E-state index in [2.05, 4.69) is 10.3 Å². The Hall–Kier alpha value is -1.17. The number of carbonyl (C=O) groups is 2.